The van der Waals surface area contributed by atoms with Gasteiger partial charge in [0.05, 0.1) is 17.1 Å². The molecule has 0 aromatic carbocycles. The number of nitrogens with zero attached hydrogens (tertiary/aromatic N) is 6. The fraction of sp³-hybridized carbons (Fsp3) is 0.435. The minimum absolute atomic E-state index is 0.0113. The van der Waals surface area contributed by atoms with Crippen LogP contribution < -0.4 is 11.1 Å². The lowest BCUT2D eigenvalue weighted by Crippen LogP contribution is -2.31. The molecule has 12 heteroatoms. The number of aromatic nitrogens is 4. The van der Waals surface area contributed by atoms with Gasteiger partial charge in [0.1, 0.15) is 11.6 Å². The van der Waals surface area contributed by atoms with Crippen LogP contribution in [0.1, 0.15) is 44.2 Å². The average Bonchev–Trinajstić information content (AvgIpc) is 3.44. The van der Waals surface area contributed by atoms with Gasteiger partial charge in [-0.25, -0.2) is 9.50 Å². The molecule has 3 aromatic heterocycles. The molecule has 3 N–H and O–H groups in total. The number of aliphatic imine (C=N–C) groups is 1. The summed E-state index contributed by atoms with van der Waals surface area (Å²) in [6.45, 7) is 2.48. The van der Waals surface area contributed by atoms with Gasteiger partial charge in [0, 0.05) is 43.4 Å². The molecule has 1 saturated heterocycles. The van der Waals surface area contributed by atoms with Gasteiger partial charge >= 0.3 is 6.18 Å². The van der Waals surface area contributed by atoms with Crippen LogP contribution in [0.15, 0.2) is 29.4 Å². The van der Waals surface area contributed by atoms with E-state index in [0.717, 1.165) is 5.71 Å². The van der Waals surface area contributed by atoms with Crippen molar-refractivity contribution in [2.45, 2.75) is 50.7 Å². The first-order chi connectivity index (χ1) is 16.6. The summed E-state index contributed by atoms with van der Waals surface area (Å²) in [6, 6.07) is 5.04. The smallest absolute Gasteiger partial charge is 0.382 e. The second-order valence-corrected chi connectivity index (χ2v) is 9.00. The van der Waals surface area contributed by atoms with E-state index in [1.54, 1.807) is 22.7 Å². The summed E-state index contributed by atoms with van der Waals surface area (Å²) in [5.41, 5.74) is 10.3. The molecule has 1 fully saturated rings. The van der Waals surface area contributed by atoms with Gasteiger partial charge in [-0.15, -0.1) is 5.10 Å². The Bertz CT molecular complexity index is 1330. The standard InChI is InChI=1S/C23H25F3N8O/c1-12-13(4-3-9-23(24,25)26)18-16(28-12)6-5-15(29-18)14-7-11-34-19(14)20(27)31-22(32-34)30-17-8-10-33(2)21(17)35/h5-7,11,13,17H,3-4,8-10H2,1-2H3,(H3,27,30,31,32)/t13?,17-/m1/s1. The molecule has 2 aliphatic rings. The van der Waals surface area contributed by atoms with Crippen LogP contribution in [0.3, 0.4) is 0 Å². The fourth-order valence-electron chi connectivity index (χ4n) is 4.72. The summed E-state index contributed by atoms with van der Waals surface area (Å²) >= 11 is 0. The Kier molecular flexibility index (Phi) is 5.60. The Hall–Kier alpha value is -3.70. The molecule has 184 valence electrons. The third-order valence-corrected chi connectivity index (χ3v) is 6.53. The maximum absolute atomic E-state index is 12.6. The van der Waals surface area contributed by atoms with Gasteiger partial charge in [-0.05, 0) is 44.4 Å². The summed E-state index contributed by atoms with van der Waals surface area (Å²) < 4.78 is 39.5. The number of alkyl halides is 3. The molecule has 0 aliphatic carbocycles. The number of nitrogens with two attached hydrogens (primary N) is 1. The van der Waals surface area contributed by atoms with Crippen molar-refractivity contribution >= 4 is 34.6 Å². The number of carbonyl (C=O) groups excluding carboxylic acids is 1. The molecule has 0 spiro atoms. The fourth-order valence-corrected chi connectivity index (χ4v) is 4.72. The topological polar surface area (TPSA) is 114 Å². The number of likely N-dealkylation sites (tertiary alicyclic amines) is 1. The van der Waals surface area contributed by atoms with Gasteiger partial charge < -0.3 is 16.0 Å². The zero-order valence-corrected chi connectivity index (χ0v) is 19.3. The zero-order valence-electron chi connectivity index (χ0n) is 19.3. The van der Waals surface area contributed by atoms with Crippen molar-refractivity contribution in [2.24, 2.45) is 4.99 Å². The molecular weight excluding hydrogens is 461 g/mol. The number of fused-ring (bicyclic) bond motifs is 2. The molecule has 5 rings (SSSR count). The molecule has 9 nitrogen and oxygen atoms in total. The molecule has 1 unspecified atom stereocenters. The van der Waals surface area contributed by atoms with E-state index in [1.165, 1.54) is 0 Å². The summed E-state index contributed by atoms with van der Waals surface area (Å²) in [7, 11) is 1.75. The first kappa shape index (κ1) is 23.1. The van der Waals surface area contributed by atoms with Crippen molar-refractivity contribution in [2.75, 3.05) is 24.6 Å². The van der Waals surface area contributed by atoms with Crippen molar-refractivity contribution < 1.29 is 18.0 Å². The van der Waals surface area contributed by atoms with Gasteiger partial charge in [-0.1, -0.05) is 0 Å². The van der Waals surface area contributed by atoms with E-state index in [-0.39, 0.29) is 30.0 Å². The van der Waals surface area contributed by atoms with Gasteiger partial charge in [-0.3, -0.25) is 9.79 Å². The second kappa shape index (κ2) is 8.51. The average molecular weight is 487 g/mol. The van der Waals surface area contributed by atoms with Crippen molar-refractivity contribution in [1.29, 1.82) is 0 Å². The molecule has 35 heavy (non-hydrogen) atoms. The van der Waals surface area contributed by atoms with Gasteiger partial charge in [0.25, 0.3) is 0 Å². The zero-order chi connectivity index (χ0) is 24.9. The molecule has 2 aliphatic heterocycles. The van der Waals surface area contributed by atoms with Crippen LogP contribution in [0.2, 0.25) is 0 Å². The highest BCUT2D eigenvalue weighted by Crippen LogP contribution is 2.40. The van der Waals surface area contributed by atoms with Gasteiger partial charge in [0.2, 0.25) is 11.9 Å². The predicted octanol–water partition coefficient (Wildman–Crippen LogP) is 3.94. The van der Waals surface area contributed by atoms with Crippen LogP contribution in [0.4, 0.5) is 30.6 Å². The number of hydrogen-bond acceptors (Lipinski definition) is 7. The first-order valence-electron chi connectivity index (χ1n) is 11.4. The van der Waals surface area contributed by atoms with Crippen LogP contribution in [0, 0.1) is 0 Å². The largest absolute Gasteiger partial charge is 0.389 e. The number of nitrogens with one attached hydrogen (secondary N) is 1. The van der Waals surface area contributed by atoms with E-state index in [0.29, 0.717) is 47.5 Å². The summed E-state index contributed by atoms with van der Waals surface area (Å²) in [4.78, 5) is 27.5. The molecular formula is C23H25F3N8O. The Morgan fingerprint density at radius 1 is 1.23 bits per heavy atom. The molecule has 2 atom stereocenters. The van der Waals surface area contributed by atoms with Crippen LogP contribution in [0.25, 0.3) is 16.8 Å². The number of anilines is 2. The molecule has 3 aromatic rings. The number of hydrogen-bond donors (Lipinski definition) is 2. The van der Waals surface area contributed by atoms with Crippen LogP contribution in [-0.4, -0.2) is 61.9 Å². The number of halogens is 3. The Morgan fingerprint density at radius 2 is 2.03 bits per heavy atom. The predicted molar refractivity (Wildman–Crippen MR) is 126 cm³/mol. The number of pyridine rings is 1. The maximum Gasteiger partial charge on any atom is 0.389 e. The number of carbonyl (C=O) groups is 1. The lowest BCUT2D eigenvalue weighted by molar-refractivity contribution is -0.135. The van der Waals surface area contributed by atoms with Crippen LogP contribution in [0.5, 0.6) is 0 Å². The Balaban J connectivity index is 1.42. The number of rotatable bonds is 6. The second-order valence-electron chi connectivity index (χ2n) is 9.00. The minimum atomic E-state index is -4.18. The van der Waals surface area contributed by atoms with Crippen molar-refractivity contribution in [1.82, 2.24) is 24.5 Å². The normalized spacial score (nSPS) is 20.0. The summed E-state index contributed by atoms with van der Waals surface area (Å²) in [5, 5.41) is 7.51. The molecule has 0 saturated carbocycles. The third-order valence-electron chi connectivity index (χ3n) is 6.53. The van der Waals surface area contributed by atoms with Crippen molar-refractivity contribution in [3.05, 3.63) is 30.1 Å². The first-order valence-corrected chi connectivity index (χ1v) is 11.4. The minimum Gasteiger partial charge on any atom is -0.382 e. The van der Waals surface area contributed by atoms with E-state index < -0.39 is 18.6 Å². The maximum atomic E-state index is 12.6. The lowest BCUT2D eigenvalue weighted by atomic mass is 9.94. The molecule has 5 heterocycles. The number of nitrogen functional groups attached to an aromatic ring is 1. The summed E-state index contributed by atoms with van der Waals surface area (Å²) in [6.07, 6.45) is -2.30. The van der Waals surface area contributed by atoms with Gasteiger partial charge in [0.15, 0.2) is 5.82 Å². The third kappa shape index (κ3) is 4.40. The molecule has 0 radical (unpaired) electrons. The number of likely N-dealkylation sites (N-methyl/N-ethyl adjacent to an activating group) is 1. The Morgan fingerprint density at radius 3 is 2.74 bits per heavy atom. The van der Waals surface area contributed by atoms with E-state index in [2.05, 4.69) is 20.4 Å². The van der Waals surface area contributed by atoms with E-state index in [9.17, 15) is 18.0 Å². The van der Waals surface area contributed by atoms with E-state index in [1.807, 2.05) is 25.1 Å². The highest BCUT2D eigenvalue weighted by atomic mass is 19.4. The van der Waals surface area contributed by atoms with Crippen molar-refractivity contribution in [3.8, 4) is 11.3 Å². The van der Waals surface area contributed by atoms with E-state index in [4.69, 9.17) is 10.7 Å². The highest BCUT2D eigenvalue weighted by Gasteiger charge is 2.31. The monoisotopic (exact) mass is 486 g/mol. The van der Waals surface area contributed by atoms with Crippen LogP contribution >= 0.6 is 0 Å². The van der Waals surface area contributed by atoms with Gasteiger partial charge in [-0.2, -0.15) is 18.2 Å². The quantitative estimate of drug-likeness (QED) is 0.546. The summed E-state index contributed by atoms with van der Waals surface area (Å²) in [5.74, 6) is 0.192. The molecule has 1 amide bonds. The van der Waals surface area contributed by atoms with Crippen LogP contribution in [-0.2, 0) is 4.79 Å². The van der Waals surface area contributed by atoms with Crippen molar-refractivity contribution in [3.63, 3.8) is 0 Å². The SMILES string of the molecule is CC1=Nc2ccc(-c3ccn4nc(N[C@@H]5CCN(C)C5=O)nc(N)c34)nc2C1CCCC(F)(F)F. The molecule has 0 bridgehead atoms. The number of amides is 1. The lowest BCUT2D eigenvalue weighted by Gasteiger charge is -2.14. The van der Waals surface area contributed by atoms with E-state index >= 15 is 0 Å². The highest BCUT2D eigenvalue weighted by molar-refractivity contribution is 5.96. The Labute approximate surface area is 199 Å².